The van der Waals surface area contributed by atoms with Gasteiger partial charge >= 0.3 is 0 Å². The summed E-state index contributed by atoms with van der Waals surface area (Å²) in [4.78, 5) is 21.7. The van der Waals surface area contributed by atoms with Crippen molar-refractivity contribution in [3.63, 3.8) is 0 Å². The second-order valence-electron chi connectivity index (χ2n) is 6.63. The average Bonchev–Trinajstić information content (AvgIpc) is 3.24. The highest BCUT2D eigenvalue weighted by atomic mass is 16.1. The molecule has 4 rings (SSSR count). The Balaban J connectivity index is 1.41. The molecule has 26 heavy (non-hydrogen) atoms. The van der Waals surface area contributed by atoms with E-state index in [2.05, 4.69) is 42.4 Å². The SMILES string of the molecule is O=CN1CCN(c2cnnc(Nc3ccc(N4CCCC4)cc3)n2)CC1. The van der Waals surface area contributed by atoms with Crippen molar-refractivity contribution in [2.24, 2.45) is 0 Å². The molecule has 2 aromatic rings. The Morgan fingerprint density at radius 1 is 0.923 bits per heavy atom. The maximum Gasteiger partial charge on any atom is 0.249 e. The number of amides is 1. The Kier molecular flexibility index (Phi) is 4.81. The number of carbonyl (C=O) groups excluding carboxylic acids is 1. The van der Waals surface area contributed by atoms with Gasteiger partial charge in [0.25, 0.3) is 0 Å². The molecule has 8 nitrogen and oxygen atoms in total. The second-order valence-corrected chi connectivity index (χ2v) is 6.63. The summed E-state index contributed by atoms with van der Waals surface area (Å²) in [5, 5.41) is 11.4. The van der Waals surface area contributed by atoms with E-state index < -0.39 is 0 Å². The summed E-state index contributed by atoms with van der Waals surface area (Å²) in [6.45, 7) is 5.18. The standard InChI is InChI=1S/C18H23N7O/c26-14-23-9-11-25(12-10-23)17-13-19-22-18(21-17)20-15-3-5-16(6-4-15)24-7-1-2-8-24/h3-6,13-14H,1-2,7-12H2,(H,20,21,22). The van der Waals surface area contributed by atoms with E-state index in [1.54, 1.807) is 11.1 Å². The highest BCUT2D eigenvalue weighted by Gasteiger charge is 2.17. The van der Waals surface area contributed by atoms with Crippen LogP contribution in [0.4, 0.5) is 23.1 Å². The highest BCUT2D eigenvalue weighted by molar-refractivity contribution is 5.60. The van der Waals surface area contributed by atoms with Crippen LogP contribution in [-0.2, 0) is 4.79 Å². The van der Waals surface area contributed by atoms with Crippen LogP contribution >= 0.6 is 0 Å². The molecule has 2 fully saturated rings. The van der Waals surface area contributed by atoms with E-state index in [4.69, 9.17) is 0 Å². The first-order valence-corrected chi connectivity index (χ1v) is 9.08. The predicted molar refractivity (Wildman–Crippen MR) is 101 cm³/mol. The van der Waals surface area contributed by atoms with Gasteiger partial charge in [-0.3, -0.25) is 4.79 Å². The Morgan fingerprint density at radius 3 is 2.35 bits per heavy atom. The lowest BCUT2D eigenvalue weighted by Crippen LogP contribution is -2.46. The molecule has 136 valence electrons. The van der Waals surface area contributed by atoms with Crippen LogP contribution in [0, 0.1) is 0 Å². The van der Waals surface area contributed by atoms with E-state index in [-0.39, 0.29) is 0 Å². The molecule has 8 heteroatoms. The first-order chi connectivity index (χ1) is 12.8. The molecule has 1 N–H and O–H groups in total. The van der Waals surface area contributed by atoms with Gasteiger partial charge in [0, 0.05) is 50.6 Å². The number of piperazine rings is 1. The van der Waals surface area contributed by atoms with Crippen molar-refractivity contribution < 1.29 is 4.79 Å². The third-order valence-corrected chi connectivity index (χ3v) is 4.93. The van der Waals surface area contributed by atoms with Gasteiger partial charge in [0.15, 0.2) is 5.82 Å². The number of nitrogens with zero attached hydrogens (tertiary/aromatic N) is 6. The first kappa shape index (κ1) is 16.6. The number of hydrogen-bond donors (Lipinski definition) is 1. The molecule has 0 unspecified atom stereocenters. The minimum atomic E-state index is 0.481. The van der Waals surface area contributed by atoms with Crippen LogP contribution in [0.5, 0.6) is 0 Å². The second kappa shape index (κ2) is 7.55. The maximum atomic E-state index is 10.8. The molecule has 0 saturated carbocycles. The fraction of sp³-hybridized carbons (Fsp3) is 0.444. The lowest BCUT2D eigenvalue weighted by molar-refractivity contribution is -0.118. The highest BCUT2D eigenvalue weighted by Crippen LogP contribution is 2.23. The Morgan fingerprint density at radius 2 is 1.65 bits per heavy atom. The van der Waals surface area contributed by atoms with Crippen LogP contribution in [0.3, 0.4) is 0 Å². The molecule has 0 bridgehead atoms. The maximum absolute atomic E-state index is 10.8. The summed E-state index contributed by atoms with van der Waals surface area (Å²) in [5.74, 6) is 1.26. The fourth-order valence-electron chi connectivity index (χ4n) is 3.42. The Hall–Kier alpha value is -2.90. The zero-order valence-corrected chi connectivity index (χ0v) is 14.7. The Bertz CT molecular complexity index is 737. The van der Waals surface area contributed by atoms with Crippen LogP contribution in [0.1, 0.15) is 12.8 Å². The van der Waals surface area contributed by atoms with Gasteiger partial charge in [-0.05, 0) is 37.1 Å². The van der Waals surface area contributed by atoms with E-state index in [0.29, 0.717) is 19.0 Å². The van der Waals surface area contributed by atoms with Crippen LogP contribution in [0.15, 0.2) is 30.5 Å². The molecule has 0 aliphatic carbocycles. The van der Waals surface area contributed by atoms with Gasteiger partial charge in [0.1, 0.15) is 0 Å². The molecule has 0 atom stereocenters. The third-order valence-electron chi connectivity index (χ3n) is 4.93. The molecule has 3 heterocycles. The van der Waals surface area contributed by atoms with Gasteiger partial charge in [-0.25, -0.2) is 0 Å². The van der Waals surface area contributed by atoms with Gasteiger partial charge in [-0.15, -0.1) is 5.10 Å². The summed E-state index contributed by atoms with van der Waals surface area (Å²) >= 11 is 0. The monoisotopic (exact) mass is 353 g/mol. The first-order valence-electron chi connectivity index (χ1n) is 9.08. The van der Waals surface area contributed by atoms with E-state index in [9.17, 15) is 4.79 Å². The molecule has 2 aliphatic rings. The number of aromatic nitrogens is 3. The lowest BCUT2D eigenvalue weighted by Gasteiger charge is -2.33. The van der Waals surface area contributed by atoms with Crippen molar-refractivity contribution in [3.05, 3.63) is 30.5 Å². The van der Waals surface area contributed by atoms with Crippen LogP contribution in [0.25, 0.3) is 0 Å². The van der Waals surface area contributed by atoms with E-state index in [1.807, 2.05) is 12.1 Å². The number of anilines is 4. The summed E-state index contributed by atoms with van der Waals surface area (Å²) in [7, 11) is 0. The predicted octanol–water partition coefficient (Wildman–Crippen LogP) is 1.49. The minimum Gasteiger partial charge on any atom is -0.372 e. The molecule has 1 aromatic heterocycles. The molecular formula is C18H23N7O. The molecule has 1 amide bonds. The number of rotatable bonds is 5. The van der Waals surface area contributed by atoms with E-state index in [0.717, 1.165) is 44.1 Å². The normalized spacial score (nSPS) is 17.5. The molecule has 2 aliphatic heterocycles. The van der Waals surface area contributed by atoms with Crippen molar-refractivity contribution in [2.45, 2.75) is 12.8 Å². The fourth-order valence-corrected chi connectivity index (χ4v) is 3.42. The quantitative estimate of drug-likeness (QED) is 0.816. The smallest absolute Gasteiger partial charge is 0.249 e. The molecule has 0 spiro atoms. The number of nitrogens with one attached hydrogen (secondary N) is 1. The lowest BCUT2D eigenvalue weighted by atomic mass is 10.2. The molecule has 0 radical (unpaired) electrons. The van der Waals surface area contributed by atoms with Gasteiger partial charge in [-0.1, -0.05) is 0 Å². The van der Waals surface area contributed by atoms with Gasteiger partial charge in [-0.2, -0.15) is 10.1 Å². The van der Waals surface area contributed by atoms with Gasteiger partial charge in [0.2, 0.25) is 12.4 Å². The van der Waals surface area contributed by atoms with Crippen molar-refractivity contribution in [1.29, 1.82) is 0 Å². The van der Waals surface area contributed by atoms with Crippen molar-refractivity contribution in [3.8, 4) is 0 Å². The Labute approximate surface area is 152 Å². The summed E-state index contributed by atoms with van der Waals surface area (Å²) in [6, 6.07) is 8.35. The zero-order valence-electron chi connectivity index (χ0n) is 14.7. The molecule has 2 saturated heterocycles. The number of hydrogen-bond acceptors (Lipinski definition) is 7. The molecule has 1 aromatic carbocycles. The van der Waals surface area contributed by atoms with Gasteiger partial charge < -0.3 is 20.0 Å². The topological polar surface area (TPSA) is 77.5 Å². The largest absolute Gasteiger partial charge is 0.372 e. The zero-order chi connectivity index (χ0) is 17.8. The van der Waals surface area contributed by atoms with Crippen LogP contribution in [0.2, 0.25) is 0 Å². The summed E-state index contributed by atoms with van der Waals surface area (Å²) in [6.07, 6.45) is 5.10. The summed E-state index contributed by atoms with van der Waals surface area (Å²) in [5.41, 5.74) is 2.20. The minimum absolute atomic E-state index is 0.481. The summed E-state index contributed by atoms with van der Waals surface area (Å²) < 4.78 is 0. The van der Waals surface area contributed by atoms with E-state index in [1.165, 1.54) is 18.5 Å². The van der Waals surface area contributed by atoms with Crippen molar-refractivity contribution >= 4 is 29.6 Å². The van der Waals surface area contributed by atoms with Crippen LogP contribution in [-0.4, -0.2) is 65.8 Å². The van der Waals surface area contributed by atoms with E-state index >= 15 is 0 Å². The molecular weight excluding hydrogens is 330 g/mol. The van der Waals surface area contributed by atoms with Crippen molar-refractivity contribution in [2.75, 3.05) is 54.4 Å². The van der Waals surface area contributed by atoms with Crippen molar-refractivity contribution in [1.82, 2.24) is 20.1 Å². The number of carbonyl (C=O) groups is 1. The number of benzene rings is 1. The average molecular weight is 353 g/mol. The van der Waals surface area contributed by atoms with Gasteiger partial charge in [0.05, 0.1) is 6.20 Å². The third kappa shape index (κ3) is 3.68. The van der Waals surface area contributed by atoms with Crippen LogP contribution < -0.4 is 15.1 Å².